The third-order valence-electron chi connectivity index (χ3n) is 6.31. The van der Waals surface area contributed by atoms with Crippen LogP contribution in [-0.2, 0) is 9.59 Å². The SMILES string of the molecule is O=C(C(=O)N1CCC2(CC1)C(=O)N(c1ccccc1)C2c1ccccn1)c1cccs1. The maximum Gasteiger partial charge on any atom is 0.295 e. The molecular weight excluding hydrogens is 410 g/mol. The zero-order valence-electron chi connectivity index (χ0n) is 16.8. The molecule has 1 aromatic carbocycles. The fourth-order valence-electron chi connectivity index (χ4n) is 4.72. The van der Waals surface area contributed by atoms with Crippen molar-refractivity contribution in [1.29, 1.82) is 0 Å². The van der Waals surface area contributed by atoms with Crippen LogP contribution in [0.1, 0.15) is 34.2 Å². The molecule has 0 saturated carbocycles. The Kier molecular flexibility index (Phi) is 4.90. The number of carbonyl (C=O) groups excluding carboxylic acids is 3. The lowest BCUT2D eigenvalue weighted by atomic mass is 9.63. The zero-order chi connectivity index (χ0) is 21.4. The van der Waals surface area contributed by atoms with Gasteiger partial charge in [-0.3, -0.25) is 19.4 Å². The van der Waals surface area contributed by atoms with Crippen molar-refractivity contribution in [2.24, 2.45) is 5.41 Å². The Morgan fingerprint density at radius 2 is 1.71 bits per heavy atom. The van der Waals surface area contributed by atoms with Gasteiger partial charge in [0.15, 0.2) is 0 Å². The molecular formula is C24H21N3O3S. The molecule has 0 radical (unpaired) electrons. The Bertz CT molecular complexity index is 1110. The fourth-order valence-corrected chi connectivity index (χ4v) is 5.37. The van der Waals surface area contributed by atoms with Gasteiger partial charge in [0, 0.05) is 25.0 Å². The van der Waals surface area contributed by atoms with Crippen LogP contribution < -0.4 is 4.90 Å². The normalized spacial score (nSPS) is 19.9. The number of β-lactam (4-membered cyclic amide) rings is 1. The minimum absolute atomic E-state index is 0.0611. The Morgan fingerprint density at radius 1 is 0.968 bits per heavy atom. The molecule has 2 fully saturated rings. The fraction of sp³-hybridized carbons (Fsp3) is 0.250. The molecule has 2 saturated heterocycles. The summed E-state index contributed by atoms with van der Waals surface area (Å²) in [5.74, 6) is -0.900. The van der Waals surface area contributed by atoms with Gasteiger partial charge in [-0.1, -0.05) is 30.3 Å². The van der Waals surface area contributed by atoms with Crippen LogP contribution >= 0.6 is 11.3 Å². The van der Waals surface area contributed by atoms with Crippen molar-refractivity contribution in [3.63, 3.8) is 0 Å². The summed E-state index contributed by atoms with van der Waals surface area (Å²) >= 11 is 1.27. The molecule has 5 rings (SSSR count). The summed E-state index contributed by atoms with van der Waals surface area (Å²) in [7, 11) is 0. The van der Waals surface area contributed by atoms with Crippen molar-refractivity contribution in [3.05, 3.63) is 82.8 Å². The standard InChI is InChI=1S/C24H21N3O3S/c28-20(19-10-6-16-31-19)22(29)26-14-11-24(12-15-26)21(18-9-4-5-13-25-18)27(23(24)30)17-7-2-1-3-8-17/h1-10,13,16,21H,11-12,14-15H2. The summed E-state index contributed by atoms with van der Waals surface area (Å²) in [6.07, 6.45) is 2.77. The third-order valence-corrected chi connectivity index (χ3v) is 7.18. The summed E-state index contributed by atoms with van der Waals surface area (Å²) in [5, 5.41) is 1.79. The number of piperidine rings is 1. The summed E-state index contributed by atoms with van der Waals surface area (Å²) in [4.78, 5) is 47.0. The minimum atomic E-state index is -0.604. The predicted octanol–water partition coefficient (Wildman–Crippen LogP) is 3.72. The lowest BCUT2D eigenvalue weighted by molar-refractivity contribution is -0.148. The van der Waals surface area contributed by atoms with E-state index in [9.17, 15) is 14.4 Å². The van der Waals surface area contributed by atoms with E-state index in [1.165, 1.54) is 11.3 Å². The van der Waals surface area contributed by atoms with E-state index in [4.69, 9.17) is 0 Å². The number of benzene rings is 1. The first-order valence-electron chi connectivity index (χ1n) is 10.3. The van der Waals surface area contributed by atoms with Gasteiger partial charge in [0.2, 0.25) is 5.91 Å². The maximum absolute atomic E-state index is 13.4. The van der Waals surface area contributed by atoms with E-state index in [-0.39, 0.29) is 11.9 Å². The van der Waals surface area contributed by atoms with Crippen LogP contribution in [0.25, 0.3) is 0 Å². The van der Waals surface area contributed by atoms with Crippen LogP contribution in [-0.4, -0.2) is 40.6 Å². The van der Waals surface area contributed by atoms with Gasteiger partial charge in [-0.05, 0) is 48.6 Å². The Morgan fingerprint density at radius 3 is 2.35 bits per heavy atom. The van der Waals surface area contributed by atoms with Crippen molar-refractivity contribution in [1.82, 2.24) is 9.88 Å². The first kappa shape index (κ1) is 19.6. The van der Waals surface area contributed by atoms with Crippen molar-refractivity contribution >= 4 is 34.6 Å². The zero-order valence-corrected chi connectivity index (χ0v) is 17.6. The highest BCUT2D eigenvalue weighted by atomic mass is 32.1. The molecule has 7 heteroatoms. The number of rotatable bonds is 4. The number of aromatic nitrogens is 1. The van der Waals surface area contributed by atoms with Crippen LogP contribution in [0.5, 0.6) is 0 Å². The van der Waals surface area contributed by atoms with Gasteiger partial charge < -0.3 is 9.80 Å². The summed E-state index contributed by atoms with van der Waals surface area (Å²) in [6, 6.07) is 18.6. The van der Waals surface area contributed by atoms with Crippen LogP contribution in [0.4, 0.5) is 5.69 Å². The highest BCUT2D eigenvalue weighted by Crippen LogP contribution is 2.57. The highest BCUT2D eigenvalue weighted by molar-refractivity contribution is 7.13. The molecule has 6 nitrogen and oxygen atoms in total. The van der Waals surface area contributed by atoms with E-state index >= 15 is 0 Å². The number of para-hydroxylation sites is 1. The van der Waals surface area contributed by atoms with Gasteiger partial charge in [0.25, 0.3) is 11.7 Å². The second kappa shape index (κ2) is 7.74. The Balaban J connectivity index is 1.40. The van der Waals surface area contributed by atoms with E-state index in [0.29, 0.717) is 30.8 Å². The number of Topliss-reactive ketones (excluding diaryl/α,β-unsaturated/α-hetero) is 1. The molecule has 156 valence electrons. The maximum atomic E-state index is 13.4. The van der Waals surface area contributed by atoms with E-state index in [0.717, 1.165) is 11.4 Å². The van der Waals surface area contributed by atoms with E-state index in [2.05, 4.69) is 4.98 Å². The number of hydrogen-bond acceptors (Lipinski definition) is 5. The summed E-state index contributed by atoms with van der Waals surface area (Å²) in [6.45, 7) is 0.765. The highest BCUT2D eigenvalue weighted by Gasteiger charge is 2.62. The summed E-state index contributed by atoms with van der Waals surface area (Å²) < 4.78 is 0. The molecule has 2 aromatic heterocycles. The molecule has 0 aliphatic carbocycles. The van der Waals surface area contributed by atoms with Crippen LogP contribution in [0.15, 0.2) is 72.2 Å². The van der Waals surface area contributed by atoms with Crippen molar-refractivity contribution < 1.29 is 14.4 Å². The van der Waals surface area contributed by atoms with Crippen molar-refractivity contribution in [2.45, 2.75) is 18.9 Å². The number of anilines is 1. The van der Waals surface area contributed by atoms with E-state index < -0.39 is 17.1 Å². The quantitative estimate of drug-likeness (QED) is 0.359. The minimum Gasteiger partial charge on any atom is -0.336 e. The lowest BCUT2D eigenvalue weighted by Gasteiger charge is -2.58. The molecule has 31 heavy (non-hydrogen) atoms. The molecule has 2 amide bonds. The molecule has 3 aromatic rings. The first-order chi connectivity index (χ1) is 15.1. The average Bonchev–Trinajstić information content (AvgIpc) is 3.37. The largest absolute Gasteiger partial charge is 0.336 e. The second-order valence-electron chi connectivity index (χ2n) is 7.92. The van der Waals surface area contributed by atoms with Crippen molar-refractivity contribution in [2.75, 3.05) is 18.0 Å². The predicted molar refractivity (Wildman–Crippen MR) is 118 cm³/mol. The molecule has 1 spiro atoms. The van der Waals surface area contributed by atoms with Gasteiger partial charge in [0.1, 0.15) is 0 Å². The number of likely N-dealkylation sites (tertiary alicyclic amines) is 1. The van der Waals surface area contributed by atoms with Crippen LogP contribution in [0, 0.1) is 5.41 Å². The number of nitrogens with zero attached hydrogens (tertiary/aromatic N) is 3. The Labute approximate surface area is 184 Å². The second-order valence-corrected chi connectivity index (χ2v) is 8.87. The smallest absolute Gasteiger partial charge is 0.295 e. The average molecular weight is 432 g/mol. The number of carbonyl (C=O) groups is 3. The Hall–Kier alpha value is -3.32. The summed E-state index contributed by atoms with van der Waals surface area (Å²) in [5.41, 5.74) is 1.09. The number of ketones is 1. The third kappa shape index (κ3) is 3.16. The van der Waals surface area contributed by atoms with Gasteiger partial charge in [-0.15, -0.1) is 11.3 Å². The molecule has 1 atom stereocenters. The number of hydrogen-bond donors (Lipinski definition) is 0. The number of thiophene rings is 1. The molecule has 0 N–H and O–H groups in total. The number of pyridine rings is 1. The van der Waals surface area contributed by atoms with Gasteiger partial charge in [0.05, 0.1) is 22.0 Å². The van der Waals surface area contributed by atoms with Crippen molar-refractivity contribution in [3.8, 4) is 0 Å². The van der Waals surface area contributed by atoms with Crippen LogP contribution in [0.3, 0.4) is 0 Å². The molecule has 4 heterocycles. The van der Waals surface area contributed by atoms with Gasteiger partial charge >= 0.3 is 0 Å². The van der Waals surface area contributed by atoms with Gasteiger partial charge in [-0.2, -0.15) is 0 Å². The van der Waals surface area contributed by atoms with E-state index in [1.807, 2.05) is 53.4 Å². The monoisotopic (exact) mass is 431 g/mol. The van der Waals surface area contributed by atoms with Gasteiger partial charge in [-0.25, -0.2) is 0 Å². The van der Waals surface area contributed by atoms with E-state index in [1.54, 1.807) is 28.6 Å². The molecule has 2 aliphatic rings. The topological polar surface area (TPSA) is 70.6 Å². The van der Waals surface area contributed by atoms with Crippen LogP contribution in [0.2, 0.25) is 0 Å². The lowest BCUT2D eigenvalue weighted by Crippen LogP contribution is -2.67. The molecule has 2 aliphatic heterocycles. The first-order valence-corrected chi connectivity index (χ1v) is 11.2. The number of amides is 2. The molecule has 0 bridgehead atoms. The molecule has 1 unspecified atom stereocenters.